The fourth-order valence-electron chi connectivity index (χ4n) is 2.28. The van der Waals surface area contributed by atoms with Crippen molar-refractivity contribution < 1.29 is 4.39 Å². The van der Waals surface area contributed by atoms with Gasteiger partial charge in [-0.1, -0.05) is 24.4 Å². The van der Waals surface area contributed by atoms with Crippen molar-refractivity contribution in [1.29, 1.82) is 0 Å². The SMILES string of the molecule is CN1CCN(C(C(N)=S)c2ccc(F)cc2)CC1. The molecule has 1 aromatic rings. The zero-order chi connectivity index (χ0) is 13.1. The summed E-state index contributed by atoms with van der Waals surface area (Å²) < 4.78 is 13.0. The number of halogens is 1. The molecule has 1 aliphatic heterocycles. The summed E-state index contributed by atoms with van der Waals surface area (Å²) in [6.45, 7) is 3.85. The van der Waals surface area contributed by atoms with Crippen LogP contribution in [0.1, 0.15) is 11.6 Å². The molecule has 1 aromatic carbocycles. The average molecular weight is 267 g/mol. The molecule has 0 aromatic heterocycles. The lowest BCUT2D eigenvalue weighted by Gasteiger charge is -2.37. The summed E-state index contributed by atoms with van der Waals surface area (Å²) in [5, 5.41) is 0. The Morgan fingerprint density at radius 3 is 2.28 bits per heavy atom. The van der Waals surface area contributed by atoms with Crippen LogP contribution in [0.4, 0.5) is 4.39 Å². The van der Waals surface area contributed by atoms with E-state index in [1.54, 1.807) is 12.1 Å². The second-order valence-corrected chi connectivity index (χ2v) is 5.17. The molecule has 2 rings (SSSR count). The molecule has 5 heteroatoms. The third-order valence-electron chi connectivity index (χ3n) is 3.36. The first-order valence-electron chi connectivity index (χ1n) is 6.05. The van der Waals surface area contributed by atoms with Crippen LogP contribution in [-0.2, 0) is 0 Å². The zero-order valence-electron chi connectivity index (χ0n) is 10.5. The van der Waals surface area contributed by atoms with Crippen LogP contribution in [0, 0.1) is 5.82 Å². The lowest BCUT2D eigenvalue weighted by atomic mass is 10.0. The van der Waals surface area contributed by atoms with E-state index in [-0.39, 0.29) is 11.9 Å². The summed E-state index contributed by atoms with van der Waals surface area (Å²) in [6.07, 6.45) is 0. The van der Waals surface area contributed by atoms with Crippen LogP contribution in [0.5, 0.6) is 0 Å². The molecule has 3 nitrogen and oxygen atoms in total. The molecule has 1 fully saturated rings. The van der Waals surface area contributed by atoms with Gasteiger partial charge in [0.1, 0.15) is 5.82 Å². The van der Waals surface area contributed by atoms with Gasteiger partial charge in [-0.25, -0.2) is 4.39 Å². The number of nitrogens with two attached hydrogens (primary N) is 1. The van der Waals surface area contributed by atoms with Crippen molar-refractivity contribution in [2.75, 3.05) is 33.2 Å². The van der Waals surface area contributed by atoms with Crippen molar-refractivity contribution in [1.82, 2.24) is 9.80 Å². The van der Waals surface area contributed by atoms with Gasteiger partial charge in [0.05, 0.1) is 11.0 Å². The number of likely N-dealkylation sites (N-methyl/N-ethyl adjacent to an activating group) is 1. The highest BCUT2D eigenvalue weighted by atomic mass is 32.1. The van der Waals surface area contributed by atoms with Crippen LogP contribution in [0.15, 0.2) is 24.3 Å². The molecule has 0 saturated carbocycles. The molecule has 18 heavy (non-hydrogen) atoms. The van der Waals surface area contributed by atoms with E-state index in [9.17, 15) is 4.39 Å². The molecule has 0 aliphatic carbocycles. The van der Waals surface area contributed by atoms with E-state index in [4.69, 9.17) is 18.0 Å². The highest BCUT2D eigenvalue weighted by Crippen LogP contribution is 2.22. The van der Waals surface area contributed by atoms with Gasteiger partial charge in [-0.05, 0) is 24.7 Å². The first-order chi connectivity index (χ1) is 8.58. The Hall–Kier alpha value is -1.04. The Labute approximate surface area is 112 Å². The first-order valence-corrected chi connectivity index (χ1v) is 6.46. The fourth-order valence-corrected chi connectivity index (χ4v) is 2.57. The first kappa shape index (κ1) is 13.4. The maximum absolute atomic E-state index is 13.0. The number of piperazine rings is 1. The van der Waals surface area contributed by atoms with Crippen molar-refractivity contribution in [2.45, 2.75) is 6.04 Å². The number of thiocarbonyl (C=S) groups is 1. The molecule has 1 aliphatic rings. The predicted octanol–water partition coefficient (Wildman–Crippen LogP) is 1.40. The highest BCUT2D eigenvalue weighted by Gasteiger charge is 2.25. The quantitative estimate of drug-likeness (QED) is 0.839. The standard InChI is InChI=1S/C13H18FN3S/c1-16-6-8-17(9-7-16)12(13(15)18)10-2-4-11(14)5-3-10/h2-5,12H,6-9H2,1H3,(H2,15,18). The monoisotopic (exact) mass is 267 g/mol. The van der Waals surface area contributed by atoms with E-state index in [1.807, 2.05) is 0 Å². The molecule has 1 unspecified atom stereocenters. The summed E-state index contributed by atoms with van der Waals surface area (Å²) in [6, 6.07) is 6.34. The number of nitrogens with zero attached hydrogens (tertiary/aromatic N) is 2. The topological polar surface area (TPSA) is 32.5 Å². The second kappa shape index (κ2) is 5.73. The number of hydrogen-bond donors (Lipinski definition) is 1. The van der Waals surface area contributed by atoms with E-state index in [2.05, 4.69) is 16.8 Å². The van der Waals surface area contributed by atoms with Gasteiger partial charge in [-0.2, -0.15) is 0 Å². The second-order valence-electron chi connectivity index (χ2n) is 4.70. The Morgan fingerprint density at radius 1 is 1.22 bits per heavy atom. The van der Waals surface area contributed by atoms with E-state index >= 15 is 0 Å². The summed E-state index contributed by atoms with van der Waals surface area (Å²) >= 11 is 5.17. The van der Waals surface area contributed by atoms with Gasteiger partial charge in [0, 0.05) is 26.2 Å². The summed E-state index contributed by atoms with van der Waals surface area (Å²) in [5.74, 6) is -0.237. The Morgan fingerprint density at radius 2 is 1.78 bits per heavy atom. The molecule has 98 valence electrons. The third-order valence-corrected chi connectivity index (χ3v) is 3.58. The number of hydrogen-bond acceptors (Lipinski definition) is 3. The molecule has 1 atom stereocenters. The Kier molecular flexibility index (Phi) is 4.27. The van der Waals surface area contributed by atoms with Gasteiger partial charge in [0.2, 0.25) is 0 Å². The van der Waals surface area contributed by atoms with Crippen molar-refractivity contribution in [3.8, 4) is 0 Å². The van der Waals surface area contributed by atoms with Crippen LogP contribution >= 0.6 is 12.2 Å². The van der Waals surface area contributed by atoms with Gasteiger partial charge in [-0.3, -0.25) is 4.90 Å². The minimum absolute atomic E-state index is 0.0886. The Bertz CT molecular complexity index is 413. The van der Waals surface area contributed by atoms with E-state index in [1.165, 1.54) is 12.1 Å². The molecular formula is C13H18FN3S. The maximum atomic E-state index is 13.0. The minimum atomic E-state index is -0.237. The van der Waals surface area contributed by atoms with Gasteiger partial charge in [0.25, 0.3) is 0 Å². The van der Waals surface area contributed by atoms with Gasteiger partial charge in [0.15, 0.2) is 0 Å². The largest absolute Gasteiger partial charge is 0.392 e. The number of rotatable bonds is 3. The van der Waals surface area contributed by atoms with Crippen molar-refractivity contribution in [3.05, 3.63) is 35.6 Å². The molecule has 1 saturated heterocycles. The third kappa shape index (κ3) is 3.04. The van der Waals surface area contributed by atoms with E-state index < -0.39 is 0 Å². The Balaban J connectivity index is 2.18. The molecule has 0 amide bonds. The van der Waals surface area contributed by atoms with Crippen LogP contribution in [-0.4, -0.2) is 48.0 Å². The van der Waals surface area contributed by atoms with Crippen LogP contribution < -0.4 is 5.73 Å². The van der Waals surface area contributed by atoms with Crippen molar-refractivity contribution >= 4 is 17.2 Å². The van der Waals surface area contributed by atoms with Gasteiger partial charge < -0.3 is 10.6 Å². The van der Waals surface area contributed by atoms with E-state index in [0.29, 0.717) is 4.99 Å². The van der Waals surface area contributed by atoms with Crippen molar-refractivity contribution in [3.63, 3.8) is 0 Å². The molecule has 0 bridgehead atoms. The van der Waals surface area contributed by atoms with Gasteiger partial charge in [-0.15, -0.1) is 0 Å². The lowest BCUT2D eigenvalue weighted by Crippen LogP contribution is -2.48. The highest BCUT2D eigenvalue weighted by molar-refractivity contribution is 7.80. The van der Waals surface area contributed by atoms with Gasteiger partial charge >= 0.3 is 0 Å². The molecule has 0 radical (unpaired) electrons. The lowest BCUT2D eigenvalue weighted by molar-refractivity contribution is 0.137. The molecule has 2 N–H and O–H groups in total. The normalized spacial score (nSPS) is 19.7. The zero-order valence-corrected chi connectivity index (χ0v) is 11.3. The van der Waals surface area contributed by atoms with Crippen molar-refractivity contribution in [2.24, 2.45) is 5.73 Å². The number of benzene rings is 1. The average Bonchev–Trinajstić information content (AvgIpc) is 2.34. The molecule has 1 heterocycles. The predicted molar refractivity (Wildman–Crippen MR) is 75.0 cm³/mol. The molecule has 0 spiro atoms. The smallest absolute Gasteiger partial charge is 0.123 e. The summed E-state index contributed by atoms with van der Waals surface area (Å²) in [5.41, 5.74) is 6.82. The molecular weight excluding hydrogens is 249 g/mol. The van der Waals surface area contributed by atoms with Crippen LogP contribution in [0.25, 0.3) is 0 Å². The fraction of sp³-hybridized carbons (Fsp3) is 0.462. The van der Waals surface area contributed by atoms with Crippen LogP contribution in [0.3, 0.4) is 0 Å². The minimum Gasteiger partial charge on any atom is -0.392 e. The van der Waals surface area contributed by atoms with E-state index in [0.717, 1.165) is 31.7 Å². The maximum Gasteiger partial charge on any atom is 0.123 e. The van der Waals surface area contributed by atoms with Crippen LogP contribution in [0.2, 0.25) is 0 Å². The summed E-state index contributed by atoms with van der Waals surface area (Å²) in [4.78, 5) is 4.99. The summed E-state index contributed by atoms with van der Waals surface area (Å²) in [7, 11) is 2.10.